The molecule has 2 rings (SSSR count). The van der Waals surface area contributed by atoms with Crippen LogP contribution in [0.5, 0.6) is 0 Å². The van der Waals surface area contributed by atoms with Crippen LogP contribution in [0.4, 0.5) is 8.78 Å². The van der Waals surface area contributed by atoms with Gasteiger partial charge in [-0.05, 0) is 31.1 Å². The van der Waals surface area contributed by atoms with Crippen LogP contribution in [0, 0.1) is 11.6 Å². The van der Waals surface area contributed by atoms with Crippen LogP contribution >= 0.6 is 12.2 Å². The number of halogens is 2. The fraction of sp³-hybridized carbons (Fsp3) is 0.462. The lowest BCUT2D eigenvalue weighted by Crippen LogP contribution is -2.40. The molecule has 1 fully saturated rings. The van der Waals surface area contributed by atoms with E-state index in [-0.39, 0.29) is 6.54 Å². The molecule has 0 heterocycles. The SMILES string of the molecule is Fc1ccc(CNC(=S)NC2CCCC2)c(F)c1. The molecule has 1 saturated carbocycles. The van der Waals surface area contributed by atoms with E-state index in [4.69, 9.17) is 12.2 Å². The maximum atomic E-state index is 13.4. The minimum Gasteiger partial charge on any atom is -0.360 e. The standard InChI is InChI=1S/C13H16F2N2S/c14-10-6-5-9(12(15)7-10)8-16-13(18)17-11-3-1-2-4-11/h5-7,11H,1-4,8H2,(H2,16,17,18). The van der Waals surface area contributed by atoms with Gasteiger partial charge in [0.15, 0.2) is 5.11 Å². The van der Waals surface area contributed by atoms with Gasteiger partial charge in [0.05, 0.1) is 0 Å². The smallest absolute Gasteiger partial charge is 0.166 e. The van der Waals surface area contributed by atoms with E-state index < -0.39 is 11.6 Å². The van der Waals surface area contributed by atoms with Crippen molar-refractivity contribution < 1.29 is 8.78 Å². The molecule has 1 aromatic carbocycles. The van der Waals surface area contributed by atoms with Crippen LogP contribution in [0.1, 0.15) is 31.2 Å². The molecule has 1 aliphatic carbocycles. The van der Waals surface area contributed by atoms with E-state index in [0.717, 1.165) is 18.9 Å². The van der Waals surface area contributed by atoms with E-state index in [1.165, 1.54) is 25.0 Å². The quantitative estimate of drug-likeness (QED) is 0.826. The summed E-state index contributed by atoms with van der Waals surface area (Å²) in [4.78, 5) is 0. The highest BCUT2D eigenvalue weighted by atomic mass is 32.1. The largest absolute Gasteiger partial charge is 0.360 e. The van der Waals surface area contributed by atoms with E-state index >= 15 is 0 Å². The van der Waals surface area contributed by atoms with Gasteiger partial charge in [0.1, 0.15) is 11.6 Å². The maximum Gasteiger partial charge on any atom is 0.166 e. The van der Waals surface area contributed by atoms with Crippen molar-refractivity contribution in [2.45, 2.75) is 38.3 Å². The Kier molecular flexibility index (Phi) is 4.47. The molecular weight excluding hydrogens is 254 g/mol. The van der Waals surface area contributed by atoms with Crippen molar-refractivity contribution in [3.8, 4) is 0 Å². The van der Waals surface area contributed by atoms with E-state index in [9.17, 15) is 8.78 Å². The maximum absolute atomic E-state index is 13.4. The molecule has 1 aromatic rings. The molecule has 0 saturated heterocycles. The Balaban J connectivity index is 1.81. The van der Waals surface area contributed by atoms with Crippen molar-refractivity contribution in [1.29, 1.82) is 0 Å². The number of rotatable bonds is 3. The van der Waals surface area contributed by atoms with Crippen molar-refractivity contribution in [1.82, 2.24) is 10.6 Å². The molecule has 0 atom stereocenters. The Hall–Kier alpha value is -1.23. The number of hydrogen-bond donors (Lipinski definition) is 2. The molecule has 5 heteroatoms. The second-order valence-electron chi connectivity index (χ2n) is 4.54. The number of hydrogen-bond acceptors (Lipinski definition) is 1. The van der Waals surface area contributed by atoms with Crippen LogP contribution in [0.2, 0.25) is 0 Å². The van der Waals surface area contributed by atoms with Gasteiger partial charge in [-0.15, -0.1) is 0 Å². The first kappa shape index (κ1) is 13.2. The molecule has 0 aliphatic heterocycles. The molecule has 2 N–H and O–H groups in total. The molecule has 0 aromatic heterocycles. The van der Waals surface area contributed by atoms with E-state index in [0.29, 0.717) is 16.7 Å². The van der Waals surface area contributed by atoms with Crippen molar-refractivity contribution in [3.05, 3.63) is 35.4 Å². The van der Waals surface area contributed by atoms with Crippen molar-refractivity contribution >= 4 is 17.3 Å². The van der Waals surface area contributed by atoms with Gasteiger partial charge < -0.3 is 10.6 Å². The van der Waals surface area contributed by atoms with Gasteiger partial charge in [-0.1, -0.05) is 18.9 Å². The van der Waals surface area contributed by atoms with Crippen molar-refractivity contribution in [2.75, 3.05) is 0 Å². The zero-order valence-electron chi connectivity index (χ0n) is 10.0. The van der Waals surface area contributed by atoms with Crippen molar-refractivity contribution in [3.63, 3.8) is 0 Å². The third kappa shape index (κ3) is 3.63. The van der Waals surface area contributed by atoms with Gasteiger partial charge in [0, 0.05) is 24.2 Å². The van der Waals surface area contributed by atoms with Gasteiger partial charge >= 0.3 is 0 Å². The topological polar surface area (TPSA) is 24.1 Å². The molecule has 0 spiro atoms. The summed E-state index contributed by atoms with van der Waals surface area (Å²) in [6.07, 6.45) is 4.72. The Labute approximate surface area is 111 Å². The zero-order valence-corrected chi connectivity index (χ0v) is 10.8. The predicted molar refractivity (Wildman–Crippen MR) is 71.2 cm³/mol. The summed E-state index contributed by atoms with van der Waals surface area (Å²) in [5.41, 5.74) is 0.409. The third-order valence-electron chi connectivity index (χ3n) is 3.14. The second-order valence-corrected chi connectivity index (χ2v) is 4.95. The first-order valence-corrected chi connectivity index (χ1v) is 6.54. The average molecular weight is 270 g/mol. The van der Waals surface area contributed by atoms with Gasteiger partial charge in [-0.2, -0.15) is 0 Å². The number of nitrogens with one attached hydrogen (secondary N) is 2. The highest BCUT2D eigenvalue weighted by Gasteiger charge is 2.15. The summed E-state index contributed by atoms with van der Waals surface area (Å²) in [6.45, 7) is 0.269. The molecule has 1 aliphatic rings. The molecule has 0 radical (unpaired) electrons. The molecule has 2 nitrogen and oxygen atoms in total. The predicted octanol–water partition coefficient (Wildman–Crippen LogP) is 2.87. The normalized spacial score (nSPS) is 15.7. The highest BCUT2D eigenvalue weighted by Crippen LogP contribution is 2.17. The number of benzene rings is 1. The minimum atomic E-state index is -0.567. The number of thiocarbonyl (C=S) groups is 1. The van der Waals surface area contributed by atoms with Crippen LogP contribution in [0.3, 0.4) is 0 Å². The zero-order chi connectivity index (χ0) is 13.0. The van der Waals surface area contributed by atoms with Crippen LogP contribution in [0.25, 0.3) is 0 Å². The molecule has 0 bridgehead atoms. The summed E-state index contributed by atoms with van der Waals surface area (Å²) >= 11 is 5.14. The Morgan fingerprint density at radius 3 is 2.67 bits per heavy atom. The monoisotopic (exact) mass is 270 g/mol. The van der Waals surface area contributed by atoms with E-state index in [2.05, 4.69) is 10.6 Å². The Morgan fingerprint density at radius 1 is 1.28 bits per heavy atom. The molecule has 18 heavy (non-hydrogen) atoms. The van der Waals surface area contributed by atoms with E-state index in [1.54, 1.807) is 0 Å². The highest BCUT2D eigenvalue weighted by molar-refractivity contribution is 7.80. The Bertz CT molecular complexity index is 431. The lowest BCUT2D eigenvalue weighted by Gasteiger charge is -2.15. The van der Waals surface area contributed by atoms with Gasteiger partial charge in [-0.3, -0.25) is 0 Å². The van der Waals surface area contributed by atoms with Crippen LogP contribution in [0.15, 0.2) is 18.2 Å². The van der Waals surface area contributed by atoms with Crippen LogP contribution in [-0.2, 0) is 6.54 Å². The first-order chi connectivity index (χ1) is 8.65. The Morgan fingerprint density at radius 2 is 2.00 bits per heavy atom. The third-order valence-corrected chi connectivity index (χ3v) is 3.41. The van der Waals surface area contributed by atoms with Gasteiger partial charge in [-0.25, -0.2) is 8.78 Å². The summed E-state index contributed by atoms with van der Waals surface area (Å²) in [5.74, 6) is -1.12. The summed E-state index contributed by atoms with van der Waals surface area (Å²) in [5, 5.41) is 6.68. The fourth-order valence-corrected chi connectivity index (χ4v) is 2.39. The van der Waals surface area contributed by atoms with Crippen molar-refractivity contribution in [2.24, 2.45) is 0 Å². The lowest BCUT2D eigenvalue weighted by atomic mass is 10.2. The van der Waals surface area contributed by atoms with E-state index in [1.807, 2.05) is 0 Å². The molecule has 0 amide bonds. The fourth-order valence-electron chi connectivity index (χ4n) is 2.15. The van der Waals surface area contributed by atoms with Crippen LogP contribution in [-0.4, -0.2) is 11.2 Å². The lowest BCUT2D eigenvalue weighted by molar-refractivity contribution is 0.568. The minimum absolute atomic E-state index is 0.269. The molecule has 98 valence electrons. The first-order valence-electron chi connectivity index (χ1n) is 6.13. The second kappa shape index (κ2) is 6.09. The summed E-state index contributed by atoms with van der Waals surface area (Å²) < 4.78 is 26.1. The molecular formula is C13H16F2N2S. The molecule has 0 unspecified atom stereocenters. The average Bonchev–Trinajstić information content (AvgIpc) is 2.80. The van der Waals surface area contributed by atoms with Gasteiger partial charge in [0.25, 0.3) is 0 Å². The summed E-state index contributed by atoms with van der Waals surface area (Å²) in [6, 6.07) is 3.98. The van der Waals surface area contributed by atoms with Crippen LogP contribution < -0.4 is 10.6 Å². The summed E-state index contributed by atoms with van der Waals surface area (Å²) in [7, 11) is 0. The van der Waals surface area contributed by atoms with Gasteiger partial charge in [0.2, 0.25) is 0 Å².